The molecule has 1 heterocycles. The Hall–Kier alpha value is -2.97. The van der Waals surface area contributed by atoms with Gasteiger partial charge in [-0.3, -0.25) is 9.59 Å². The first kappa shape index (κ1) is 22.2. The fourth-order valence-electron chi connectivity index (χ4n) is 4.10. The minimum Gasteiger partial charge on any atom is -0.365 e. The first-order valence-corrected chi connectivity index (χ1v) is 12.9. The molecule has 2 amide bonds. The number of benzene rings is 2. The van der Waals surface area contributed by atoms with Crippen LogP contribution >= 0.6 is 11.3 Å². The number of carbonyl (C=O) groups is 2. The van der Waals surface area contributed by atoms with E-state index < -0.39 is 21.7 Å². The first-order chi connectivity index (χ1) is 15.3. The quantitative estimate of drug-likeness (QED) is 0.544. The molecule has 166 valence electrons. The third-order valence-electron chi connectivity index (χ3n) is 5.67. The van der Waals surface area contributed by atoms with Gasteiger partial charge in [-0.1, -0.05) is 36.4 Å². The largest absolute Gasteiger partial charge is 0.365 e. The average molecular weight is 469 g/mol. The second-order valence-corrected chi connectivity index (χ2v) is 11.2. The SMILES string of the molecule is Cc1sc(NC(=O)CCS(=O)(=O)c2ccc3c(c2)CCC3)c(C(N)=O)c1-c1ccccc1. The number of hydrogen-bond acceptors (Lipinski definition) is 5. The van der Waals surface area contributed by atoms with E-state index >= 15 is 0 Å². The zero-order valence-corrected chi connectivity index (χ0v) is 19.3. The van der Waals surface area contributed by atoms with E-state index in [2.05, 4.69) is 5.32 Å². The third-order valence-corrected chi connectivity index (χ3v) is 8.41. The molecule has 8 heteroatoms. The average Bonchev–Trinajstić information content (AvgIpc) is 3.36. The highest BCUT2D eigenvalue weighted by Crippen LogP contribution is 2.39. The lowest BCUT2D eigenvalue weighted by molar-refractivity contribution is -0.115. The minimum atomic E-state index is -3.59. The van der Waals surface area contributed by atoms with Crippen molar-refractivity contribution in [1.82, 2.24) is 0 Å². The summed E-state index contributed by atoms with van der Waals surface area (Å²) in [5.41, 5.74) is 9.65. The molecule has 0 unspecified atom stereocenters. The standard InChI is InChI=1S/C24H24N2O4S2/c1-15-21(17-6-3-2-4-7-17)22(23(25)28)24(31-15)26-20(27)12-13-32(29,30)19-11-10-16-8-5-9-18(16)14-19/h2-4,6-7,10-11,14H,5,8-9,12-13H2,1H3,(H2,25,28)(H,26,27). The molecule has 3 aromatic rings. The molecule has 0 saturated heterocycles. The highest BCUT2D eigenvalue weighted by atomic mass is 32.2. The molecule has 0 radical (unpaired) electrons. The lowest BCUT2D eigenvalue weighted by atomic mass is 10.0. The lowest BCUT2D eigenvalue weighted by Crippen LogP contribution is -2.20. The van der Waals surface area contributed by atoms with Crippen LogP contribution in [0.25, 0.3) is 11.1 Å². The molecule has 4 rings (SSSR count). The number of amides is 2. The fourth-order valence-corrected chi connectivity index (χ4v) is 6.48. The highest BCUT2D eigenvalue weighted by Gasteiger charge is 2.24. The number of nitrogens with one attached hydrogen (secondary N) is 1. The molecule has 0 saturated carbocycles. The number of thiophene rings is 1. The Balaban J connectivity index is 1.50. The van der Waals surface area contributed by atoms with Crippen molar-refractivity contribution in [2.75, 3.05) is 11.1 Å². The van der Waals surface area contributed by atoms with E-state index in [-0.39, 0.29) is 22.6 Å². The maximum Gasteiger partial charge on any atom is 0.252 e. The molecule has 6 nitrogen and oxygen atoms in total. The Labute approximate surface area is 191 Å². The van der Waals surface area contributed by atoms with Gasteiger partial charge in [0.1, 0.15) is 5.00 Å². The number of rotatable bonds is 7. The Morgan fingerprint density at radius 3 is 2.50 bits per heavy atom. The van der Waals surface area contributed by atoms with Crippen LogP contribution < -0.4 is 11.1 Å². The Morgan fingerprint density at radius 2 is 1.78 bits per heavy atom. The van der Waals surface area contributed by atoms with Crippen molar-refractivity contribution in [2.24, 2.45) is 5.73 Å². The van der Waals surface area contributed by atoms with Crippen molar-refractivity contribution >= 4 is 38.0 Å². The molecule has 0 aliphatic heterocycles. The van der Waals surface area contributed by atoms with E-state index in [0.29, 0.717) is 10.6 Å². The number of anilines is 1. The van der Waals surface area contributed by atoms with Gasteiger partial charge in [0.2, 0.25) is 5.91 Å². The molecule has 0 atom stereocenters. The van der Waals surface area contributed by atoms with Crippen molar-refractivity contribution in [3.8, 4) is 11.1 Å². The van der Waals surface area contributed by atoms with Crippen molar-refractivity contribution in [3.63, 3.8) is 0 Å². The van der Waals surface area contributed by atoms with E-state index in [1.165, 1.54) is 16.9 Å². The van der Waals surface area contributed by atoms with Gasteiger partial charge in [-0.15, -0.1) is 11.3 Å². The van der Waals surface area contributed by atoms with Crippen LogP contribution in [-0.2, 0) is 27.5 Å². The zero-order valence-electron chi connectivity index (χ0n) is 17.7. The number of aryl methyl sites for hydroxylation is 3. The monoisotopic (exact) mass is 468 g/mol. The minimum absolute atomic E-state index is 0.213. The third kappa shape index (κ3) is 4.47. The normalized spacial score (nSPS) is 13.0. The first-order valence-electron chi connectivity index (χ1n) is 10.4. The maximum atomic E-state index is 12.8. The Kier molecular flexibility index (Phi) is 6.17. The van der Waals surface area contributed by atoms with Gasteiger partial charge in [0.25, 0.3) is 5.91 Å². The molecule has 0 spiro atoms. The van der Waals surface area contributed by atoms with Crippen molar-refractivity contribution in [1.29, 1.82) is 0 Å². The number of hydrogen-bond donors (Lipinski definition) is 2. The molecular weight excluding hydrogens is 444 g/mol. The van der Waals surface area contributed by atoms with Gasteiger partial charge >= 0.3 is 0 Å². The van der Waals surface area contributed by atoms with E-state index in [1.54, 1.807) is 12.1 Å². The van der Waals surface area contributed by atoms with Crippen LogP contribution in [-0.4, -0.2) is 26.0 Å². The fraction of sp³-hybridized carbons (Fsp3) is 0.250. The smallest absolute Gasteiger partial charge is 0.252 e. The van der Waals surface area contributed by atoms with Crippen molar-refractivity contribution in [3.05, 3.63) is 70.1 Å². The topological polar surface area (TPSA) is 106 Å². The van der Waals surface area contributed by atoms with Crippen molar-refractivity contribution < 1.29 is 18.0 Å². The number of nitrogens with two attached hydrogens (primary N) is 1. The van der Waals surface area contributed by atoms with E-state index in [1.807, 2.05) is 43.3 Å². The van der Waals surface area contributed by atoms with Crippen LogP contribution in [0.1, 0.15) is 39.2 Å². The van der Waals surface area contributed by atoms with Crippen LogP contribution in [0.2, 0.25) is 0 Å². The van der Waals surface area contributed by atoms with E-state index in [9.17, 15) is 18.0 Å². The lowest BCUT2D eigenvalue weighted by Gasteiger charge is -2.09. The summed E-state index contributed by atoms with van der Waals surface area (Å²) in [7, 11) is -3.59. The summed E-state index contributed by atoms with van der Waals surface area (Å²) >= 11 is 1.25. The Morgan fingerprint density at radius 1 is 1.06 bits per heavy atom. The number of primary amides is 1. The number of sulfone groups is 1. The molecule has 1 aliphatic carbocycles. The van der Waals surface area contributed by atoms with Crippen LogP contribution in [0.4, 0.5) is 5.00 Å². The molecule has 1 aromatic heterocycles. The summed E-state index contributed by atoms with van der Waals surface area (Å²) in [5.74, 6) is -1.42. The summed E-state index contributed by atoms with van der Waals surface area (Å²) < 4.78 is 25.5. The summed E-state index contributed by atoms with van der Waals surface area (Å²) in [6.45, 7) is 1.85. The second-order valence-electron chi connectivity index (χ2n) is 7.87. The molecule has 32 heavy (non-hydrogen) atoms. The van der Waals surface area contributed by atoms with Gasteiger partial charge in [0, 0.05) is 16.9 Å². The van der Waals surface area contributed by atoms with E-state index in [4.69, 9.17) is 5.73 Å². The molecule has 3 N–H and O–H groups in total. The highest BCUT2D eigenvalue weighted by molar-refractivity contribution is 7.91. The van der Waals surface area contributed by atoms with Gasteiger partial charge in [-0.25, -0.2) is 8.42 Å². The van der Waals surface area contributed by atoms with Crippen LogP contribution in [0, 0.1) is 6.92 Å². The summed E-state index contributed by atoms with van der Waals surface area (Å²) in [6, 6.07) is 14.6. The summed E-state index contributed by atoms with van der Waals surface area (Å²) in [4.78, 5) is 25.9. The van der Waals surface area contributed by atoms with Crippen molar-refractivity contribution in [2.45, 2.75) is 37.5 Å². The van der Waals surface area contributed by atoms with Gasteiger partial charge in [-0.05, 0) is 55.0 Å². The number of fused-ring (bicyclic) bond motifs is 1. The van der Waals surface area contributed by atoms with Gasteiger partial charge in [0.05, 0.1) is 16.2 Å². The predicted octanol–water partition coefficient (Wildman–Crippen LogP) is 4.11. The Bertz CT molecular complexity index is 1300. The summed E-state index contributed by atoms with van der Waals surface area (Å²) in [5, 5.41) is 3.04. The predicted molar refractivity (Wildman–Crippen MR) is 127 cm³/mol. The van der Waals surface area contributed by atoms with Crippen LogP contribution in [0.15, 0.2) is 53.4 Å². The zero-order chi connectivity index (χ0) is 22.9. The molecule has 0 fully saturated rings. The maximum absolute atomic E-state index is 12.8. The van der Waals surface area contributed by atoms with Gasteiger partial charge in [0.15, 0.2) is 9.84 Å². The van der Waals surface area contributed by atoms with Gasteiger partial charge < -0.3 is 11.1 Å². The van der Waals surface area contributed by atoms with Crippen LogP contribution in [0.3, 0.4) is 0 Å². The molecule has 0 bridgehead atoms. The van der Waals surface area contributed by atoms with Crippen LogP contribution in [0.5, 0.6) is 0 Å². The summed E-state index contributed by atoms with van der Waals surface area (Å²) in [6.07, 6.45) is 2.69. The molecule has 2 aromatic carbocycles. The van der Waals surface area contributed by atoms with Gasteiger partial charge in [-0.2, -0.15) is 0 Å². The molecular formula is C24H24N2O4S2. The number of carbonyl (C=O) groups excluding carboxylic acids is 2. The second kappa shape index (κ2) is 8.88. The molecule has 1 aliphatic rings. The van der Waals surface area contributed by atoms with E-state index in [0.717, 1.165) is 35.3 Å².